The molecule has 0 spiro atoms. The van der Waals surface area contributed by atoms with Gasteiger partial charge < -0.3 is 5.11 Å². The van der Waals surface area contributed by atoms with E-state index in [1.54, 1.807) is 7.05 Å². The number of hydrogen-bond acceptors (Lipinski definition) is 4. The van der Waals surface area contributed by atoms with E-state index in [1.165, 1.54) is 12.2 Å². The monoisotopic (exact) mass is 188 g/mol. The maximum absolute atomic E-state index is 11.6. The molecule has 1 N–H and O–H groups in total. The highest BCUT2D eigenvalue weighted by molar-refractivity contribution is 5.81. The molecule has 2 atom stereocenters. The highest BCUT2D eigenvalue weighted by atomic mass is 16.7. The second kappa shape index (κ2) is 4.04. The summed E-state index contributed by atoms with van der Waals surface area (Å²) in [6, 6.07) is -0.250. The quantitative estimate of drug-likeness (QED) is 0.569. The fourth-order valence-corrected chi connectivity index (χ4v) is 1.56. The Labute approximate surface area is 77.8 Å². The Bertz CT molecular complexity index is 198. The molecule has 0 bridgehead atoms. The van der Waals surface area contributed by atoms with Gasteiger partial charge in [0.05, 0.1) is 19.3 Å². The molecule has 1 rings (SSSR count). The zero-order valence-electron chi connectivity index (χ0n) is 8.23. The summed E-state index contributed by atoms with van der Waals surface area (Å²) in [6.07, 6.45) is 0.0902. The van der Waals surface area contributed by atoms with Crippen LogP contribution < -0.4 is 0 Å². The summed E-state index contributed by atoms with van der Waals surface area (Å²) in [6.45, 7) is 0.550. The summed E-state index contributed by atoms with van der Waals surface area (Å²) in [5, 5.41) is 10.5. The van der Waals surface area contributed by atoms with Crippen molar-refractivity contribution in [3.05, 3.63) is 0 Å². The molecular weight excluding hydrogens is 172 g/mol. The van der Waals surface area contributed by atoms with E-state index >= 15 is 0 Å². The molecule has 5 heteroatoms. The van der Waals surface area contributed by atoms with Crippen molar-refractivity contribution in [3.8, 4) is 0 Å². The normalized spacial score (nSPS) is 29.2. The maximum atomic E-state index is 11.6. The van der Waals surface area contributed by atoms with Crippen LogP contribution in [0.25, 0.3) is 0 Å². The van der Waals surface area contributed by atoms with Crippen LogP contribution in [-0.4, -0.2) is 60.9 Å². The highest BCUT2D eigenvalue weighted by Gasteiger charge is 2.35. The average molecular weight is 188 g/mol. The largest absolute Gasteiger partial charge is 0.392 e. The number of likely N-dealkylation sites (tertiary alicyclic amines) is 1. The molecule has 76 valence electrons. The molecule has 1 aliphatic rings. The van der Waals surface area contributed by atoms with Crippen LogP contribution in [-0.2, 0) is 9.63 Å². The SMILES string of the molecule is CON(C)C(=O)[C@@H]1C[C@@H](O)CN1C. The van der Waals surface area contributed by atoms with Gasteiger partial charge in [-0.15, -0.1) is 0 Å². The third-order valence-electron chi connectivity index (χ3n) is 2.40. The van der Waals surface area contributed by atoms with Gasteiger partial charge in [-0.3, -0.25) is 14.5 Å². The molecule has 0 aromatic rings. The van der Waals surface area contributed by atoms with E-state index < -0.39 is 6.10 Å². The van der Waals surface area contributed by atoms with Crippen molar-refractivity contribution in [2.45, 2.75) is 18.6 Å². The molecule has 1 fully saturated rings. The number of aliphatic hydroxyl groups excluding tert-OH is 1. The number of nitrogens with zero attached hydrogens (tertiary/aromatic N) is 2. The highest BCUT2D eigenvalue weighted by Crippen LogP contribution is 2.17. The number of hydroxylamine groups is 2. The minimum Gasteiger partial charge on any atom is -0.392 e. The topological polar surface area (TPSA) is 53.0 Å². The number of likely N-dealkylation sites (N-methyl/N-ethyl adjacent to an activating group) is 2. The zero-order chi connectivity index (χ0) is 10.0. The van der Waals surface area contributed by atoms with E-state index in [2.05, 4.69) is 0 Å². The van der Waals surface area contributed by atoms with Crippen LogP contribution in [0.1, 0.15) is 6.42 Å². The Morgan fingerprint density at radius 2 is 2.31 bits per heavy atom. The number of amides is 1. The molecule has 13 heavy (non-hydrogen) atoms. The van der Waals surface area contributed by atoms with Crippen molar-refractivity contribution in [2.75, 3.05) is 27.7 Å². The van der Waals surface area contributed by atoms with E-state index in [9.17, 15) is 9.90 Å². The van der Waals surface area contributed by atoms with Gasteiger partial charge in [-0.25, -0.2) is 5.06 Å². The Morgan fingerprint density at radius 1 is 1.69 bits per heavy atom. The van der Waals surface area contributed by atoms with Gasteiger partial charge in [-0.2, -0.15) is 0 Å². The molecular formula is C8H16N2O3. The molecule has 0 unspecified atom stereocenters. The molecule has 5 nitrogen and oxygen atoms in total. The maximum Gasteiger partial charge on any atom is 0.263 e. The third kappa shape index (κ3) is 2.18. The first kappa shape index (κ1) is 10.4. The van der Waals surface area contributed by atoms with Gasteiger partial charge in [0.1, 0.15) is 0 Å². The zero-order valence-corrected chi connectivity index (χ0v) is 8.23. The van der Waals surface area contributed by atoms with Crippen molar-refractivity contribution < 1.29 is 14.7 Å². The van der Waals surface area contributed by atoms with Gasteiger partial charge in [-0.05, 0) is 13.5 Å². The number of rotatable bonds is 2. The van der Waals surface area contributed by atoms with E-state index in [1.807, 2.05) is 11.9 Å². The lowest BCUT2D eigenvalue weighted by atomic mass is 10.2. The van der Waals surface area contributed by atoms with E-state index in [-0.39, 0.29) is 11.9 Å². The van der Waals surface area contributed by atoms with Crippen LogP contribution in [0.3, 0.4) is 0 Å². The molecule has 0 radical (unpaired) electrons. The number of carbonyl (C=O) groups is 1. The standard InChI is InChI=1S/C8H16N2O3/c1-9-5-6(11)4-7(9)8(12)10(2)13-3/h6-7,11H,4-5H2,1-3H3/t6-,7+/m1/s1. The van der Waals surface area contributed by atoms with Crippen LogP contribution in [0.2, 0.25) is 0 Å². The Kier molecular flexibility index (Phi) is 3.24. The number of hydrogen-bond donors (Lipinski definition) is 1. The van der Waals surface area contributed by atoms with Gasteiger partial charge >= 0.3 is 0 Å². The molecule has 0 saturated carbocycles. The van der Waals surface area contributed by atoms with Crippen molar-refractivity contribution in [1.82, 2.24) is 9.96 Å². The van der Waals surface area contributed by atoms with Crippen molar-refractivity contribution in [2.24, 2.45) is 0 Å². The fraction of sp³-hybridized carbons (Fsp3) is 0.875. The van der Waals surface area contributed by atoms with Gasteiger partial charge in [-0.1, -0.05) is 0 Å². The molecule has 0 aromatic heterocycles. The smallest absolute Gasteiger partial charge is 0.263 e. The number of β-amino-alcohol motifs (C(OH)–C–C–N with tert-alkyl or cyclic N) is 1. The van der Waals surface area contributed by atoms with Gasteiger partial charge in [0, 0.05) is 13.6 Å². The predicted octanol–water partition coefficient (Wildman–Crippen LogP) is -0.929. The molecule has 1 saturated heterocycles. The number of aliphatic hydroxyl groups is 1. The second-order valence-electron chi connectivity index (χ2n) is 3.36. The third-order valence-corrected chi connectivity index (χ3v) is 2.40. The van der Waals surface area contributed by atoms with Crippen LogP contribution in [0.4, 0.5) is 0 Å². The van der Waals surface area contributed by atoms with Gasteiger partial charge in [0.2, 0.25) is 0 Å². The summed E-state index contributed by atoms with van der Waals surface area (Å²) in [7, 11) is 4.84. The Morgan fingerprint density at radius 3 is 2.69 bits per heavy atom. The van der Waals surface area contributed by atoms with Crippen LogP contribution in [0.5, 0.6) is 0 Å². The first-order valence-corrected chi connectivity index (χ1v) is 4.26. The lowest BCUT2D eigenvalue weighted by Crippen LogP contribution is -2.41. The average Bonchev–Trinajstić information content (AvgIpc) is 2.42. The second-order valence-corrected chi connectivity index (χ2v) is 3.36. The summed E-state index contributed by atoms with van der Waals surface area (Å²) in [5.74, 6) is -0.110. The van der Waals surface area contributed by atoms with Gasteiger partial charge in [0.25, 0.3) is 5.91 Å². The van der Waals surface area contributed by atoms with Gasteiger partial charge in [0.15, 0.2) is 0 Å². The minimum atomic E-state index is -0.399. The molecule has 0 aromatic carbocycles. The number of carbonyl (C=O) groups excluding carboxylic acids is 1. The summed E-state index contributed by atoms with van der Waals surface area (Å²) in [4.78, 5) is 18.2. The Balaban J connectivity index is 2.57. The lowest BCUT2D eigenvalue weighted by Gasteiger charge is -2.22. The lowest BCUT2D eigenvalue weighted by molar-refractivity contribution is -0.173. The molecule has 1 amide bonds. The van der Waals surface area contributed by atoms with E-state index in [0.29, 0.717) is 13.0 Å². The summed E-state index contributed by atoms with van der Waals surface area (Å²) in [5.41, 5.74) is 0. The van der Waals surface area contributed by atoms with Crippen LogP contribution >= 0.6 is 0 Å². The predicted molar refractivity (Wildman–Crippen MR) is 46.8 cm³/mol. The van der Waals surface area contributed by atoms with Crippen molar-refractivity contribution in [1.29, 1.82) is 0 Å². The Hall–Kier alpha value is -0.650. The summed E-state index contributed by atoms with van der Waals surface area (Å²) >= 11 is 0. The van der Waals surface area contributed by atoms with Crippen LogP contribution in [0, 0.1) is 0 Å². The fourth-order valence-electron chi connectivity index (χ4n) is 1.56. The minimum absolute atomic E-state index is 0.110. The first-order chi connectivity index (χ1) is 6.06. The molecule has 0 aliphatic carbocycles. The van der Waals surface area contributed by atoms with Crippen LogP contribution in [0.15, 0.2) is 0 Å². The molecule has 1 aliphatic heterocycles. The van der Waals surface area contributed by atoms with Crippen molar-refractivity contribution in [3.63, 3.8) is 0 Å². The molecule has 1 heterocycles. The van der Waals surface area contributed by atoms with E-state index in [0.717, 1.165) is 0 Å². The van der Waals surface area contributed by atoms with Crippen molar-refractivity contribution >= 4 is 5.91 Å². The first-order valence-electron chi connectivity index (χ1n) is 4.26. The van der Waals surface area contributed by atoms with E-state index in [4.69, 9.17) is 4.84 Å². The summed E-state index contributed by atoms with van der Waals surface area (Å²) < 4.78 is 0.